The molecule has 1 aromatic heterocycles. The van der Waals surface area contributed by atoms with Crippen molar-refractivity contribution < 1.29 is 13.2 Å². The highest BCUT2D eigenvalue weighted by molar-refractivity contribution is 7.89. The third-order valence-corrected chi connectivity index (χ3v) is 7.90. The highest BCUT2D eigenvalue weighted by atomic mass is 35.5. The van der Waals surface area contributed by atoms with Crippen molar-refractivity contribution in [3.63, 3.8) is 0 Å². The average Bonchev–Trinajstić information content (AvgIpc) is 3.26. The van der Waals surface area contributed by atoms with Gasteiger partial charge in [0.25, 0.3) is 5.91 Å². The van der Waals surface area contributed by atoms with Gasteiger partial charge in [-0.1, -0.05) is 11.6 Å². The molecule has 1 saturated carbocycles. The van der Waals surface area contributed by atoms with Gasteiger partial charge in [0.15, 0.2) is 0 Å². The monoisotopic (exact) mass is 410 g/mol. The average molecular weight is 411 g/mol. The Morgan fingerprint density at radius 2 is 2.08 bits per heavy atom. The Hall–Kier alpha value is -1.41. The number of hydrogen-bond acceptors (Lipinski definition) is 4. The second-order valence-corrected chi connectivity index (χ2v) is 9.85. The van der Waals surface area contributed by atoms with Gasteiger partial charge in [0, 0.05) is 23.0 Å². The van der Waals surface area contributed by atoms with Crippen LogP contribution in [0.1, 0.15) is 46.6 Å². The first-order valence-corrected chi connectivity index (χ1v) is 11.3. The number of benzene rings is 1. The van der Waals surface area contributed by atoms with E-state index in [9.17, 15) is 13.2 Å². The van der Waals surface area contributed by atoms with Crippen molar-refractivity contribution in [2.24, 2.45) is 0 Å². The van der Waals surface area contributed by atoms with Crippen molar-refractivity contribution in [2.75, 3.05) is 6.54 Å². The Morgan fingerprint density at radius 1 is 1.31 bits per heavy atom. The molecule has 1 fully saturated rings. The number of nitrogens with one attached hydrogen (secondary N) is 1. The van der Waals surface area contributed by atoms with Gasteiger partial charge in [-0.2, -0.15) is 0 Å². The van der Waals surface area contributed by atoms with Crippen LogP contribution in [0.25, 0.3) is 0 Å². The van der Waals surface area contributed by atoms with Crippen molar-refractivity contribution in [1.29, 1.82) is 0 Å². The normalized spacial score (nSPS) is 20.1. The van der Waals surface area contributed by atoms with Crippen molar-refractivity contribution >= 4 is 38.9 Å². The summed E-state index contributed by atoms with van der Waals surface area (Å²) in [6.45, 7) is 2.63. The van der Waals surface area contributed by atoms with E-state index in [1.807, 2.05) is 12.3 Å². The van der Waals surface area contributed by atoms with E-state index in [-0.39, 0.29) is 27.9 Å². The molecule has 0 bridgehead atoms. The van der Waals surface area contributed by atoms with Gasteiger partial charge in [0.1, 0.15) is 4.90 Å². The molecule has 1 atom stereocenters. The Labute approximate surface area is 162 Å². The number of amides is 1. The molecule has 1 N–H and O–H groups in total. The van der Waals surface area contributed by atoms with Gasteiger partial charge in [0.05, 0.1) is 11.1 Å². The lowest BCUT2D eigenvalue weighted by atomic mass is 10.0. The first kappa shape index (κ1) is 18.0. The number of fused-ring (bicyclic) bond motifs is 1. The van der Waals surface area contributed by atoms with Crippen molar-refractivity contribution in [3.05, 3.63) is 50.7 Å². The molecule has 2 aliphatic rings. The van der Waals surface area contributed by atoms with E-state index in [4.69, 9.17) is 11.6 Å². The Kier molecular flexibility index (Phi) is 4.59. The van der Waals surface area contributed by atoms with Crippen molar-refractivity contribution in [2.45, 2.75) is 43.2 Å². The van der Waals surface area contributed by atoms with Crippen LogP contribution in [0.2, 0.25) is 5.02 Å². The van der Waals surface area contributed by atoms with Crippen molar-refractivity contribution in [3.8, 4) is 0 Å². The van der Waals surface area contributed by atoms with E-state index in [0.29, 0.717) is 12.1 Å². The molecule has 1 aliphatic carbocycles. The van der Waals surface area contributed by atoms with Gasteiger partial charge in [-0.3, -0.25) is 4.79 Å². The van der Waals surface area contributed by atoms with E-state index in [1.54, 1.807) is 22.3 Å². The van der Waals surface area contributed by atoms with Crippen LogP contribution in [0.15, 0.2) is 34.5 Å². The molecular formula is C18H19ClN2O3S2. The molecule has 2 heterocycles. The van der Waals surface area contributed by atoms with E-state index in [1.165, 1.54) is 22.6 Å². The Balaban J connectivity index is 1.64. The highest BCUT2D eigenvalue weighted by Crippen LogP contribution is 2.34. The first-order valence-electron chi connectivity index (χ1n) is 8.56. The minimum atomic E-state index is -3.72. The summed E-state index contributed by atoms with van der Waals surface area (Å²) in [5.74, 6) is -0.172. The molecule has 1 amide bonds. The fraction of sp³-hybridized carbons (Fsp3) is 0.389. The molecular weight excluding hydrogens is 392 g/mol. The zero-order valence-corrected chi connectivity index (χ0v) is 16.6. The maximum absolute atomic E-state index is 13.0. The summed E-state index contributed by atoms with van der Waals surface area (Å²) in [5, 5.41) is 2.17. The zero-order valence-electron chi connectivity index (χ0n) is 14.2. The maximum Gasteiger partial charge on any atom is 0.254 e. The summed E-state index contributed by atoms with van der Waals surface area (Å²) in [5.41, 5.74) is 1.52. The first-order chi connectivity index (χ1) is 12.4. The van der Waals surface area contributed by atoms with Crippen LogP contribution in [0.3, 0.4) is 0 Å². The van der Waals surface area contributed by atoms with Crippen LogP contribution >= 0.6 is 22.9 Å². The Bertz CT molecular complexity index is 967. The zero-order chi connectivity index (χ0) is 18.5. The maximum atomic E-state index is 13.0. The smallest absolute Gasteiger partial charge is 0.254 e. The third kappa shape index (κ3) is 3.29. The summed E-state index contributed by atoms with van der Waals surface area (Å²) in [6, 6.07) is 6.48. The molecule has 0 saturated heterocycles. The number of hydrogen-bond donors (Lipinski definition) is 1. The van der Waals surface area contributed by atoms with E-state index in [0.717, 1.165) is 19.3 Å². The SMILES string of the molecule is C[C@@H]1c2ccsc2CCN1C(=O)c1ccc(Cl)c(S(=O)(=O)NC2CC2)c1. The Morgan fingerprint density at radius 3 is 2.81 bits per heavy atom. The molecule has 5 nitrogen and oxygen atoms in total. The molecule has 0 radical (unpaired) electrons. The summed E-state index contributed by atoms with van der Waals surface area (Å²) in [6.07, 6.45) is 2.50. The van der Waals surface area contributed by atoms with Crippen LogP contribution in [0.4, 0.5) is 0 Å². The largest absolute Gasteiger partial charge is 0.331 e. The molecule has 1 aromatic carbocycles. The van der Waals surface area contributed by atoms with Crippen LogP contribution in [0.5, 0.6) is 0 Å². The van der Waals surface area contributed by atoms with Crippen LogP contribution in [-0.2, 0) is 16.4 Å². The number of rotatable bonds is 4. The number of halogens is 1. The predicted molar refractivity (Wildman–Crippen MR) is 102 cm³/mol. The summed E-state index contributed by atoms with van der Waals surface area (Å²) < 4.78 is 27.7. The fourth-order valence-corrected chi connectivity index (χ4v) is 6.07. The number of carbonyl (C=O) groups is 1. The van der Waals surface area contributed by atoms with Gasteiger partial charge < -0.3 is 4.90 Å². The molecule has 0 unspecified atom stereocenters. The van der Waals surface area contributed by atoms with Crippen LogP contribution in [-0.4, -0.2) is 31.8 Å². The lowest BCUT2D eigenvalue weighted by molar-refractivity contribution is 0.0679. The number of thiophene rings is 1. The summed E-state index contributed by atoms with van der Waals surface area (Å²) >= 11 is 7.83. The van der Waals surface area contributed by atoms with Crippen molar-refractivity contribution in [1.82, 2.24) is 9.62 Å². The second-order valence-electron chi connectivity index (χ2n) is 6.76. The minimum Gasteiger partial charge on any atom is -0.331 e. The number of nitrogens with zero attached hydrogens (tertiary/aromatic N) is 1. The molecule has 0 spiro atoms. The summed E-state index contributed by atoms with van der Waals surface area (Å²) in [4.78, 5) is 16.1. The topological polar surface area (TPSA) is 66.5 Å². The van der Waals surface area contributed by atoms with Crippen LogP contribution in [0, 0.1) is 0 Å². The number of carbonyl (C=O) groups excluding carboxylic acids is 1. The quantitative estimate of drug-likeness (QED) is 0.837. The molecule has 2 aromatic rings. The molecule has 1 aliphatic heterocycles. The minimum absolute atomic E-state index is 0.0189. The molecule has 8 heteroatoms. The third-order valence-electron chi connectivity index (χ3n) is 4.90. The van der Waals surface area contributed by atoms with Gasteiger partial charge in [-0.25, -0.2) is 13.1 Å². The molecule has 138 valence electrons. The highest BCUT2D eigenvalue weighted by Gasteiger charge is 2.32. The standard InChI is InChI=1S/C18H19ClN2O3S2/c1-11-14-7-9-25-16(14)6-8-21(11)18(22)12-2-5-15(19)17(10-12)26(23,24)20-13-3-4-13/h2,5,7,9-11,13,20H,3-4,6,8H2,1H3/t11-/m1/s1. The van der Waals surface area contributed by atoms with Gasteiger partial charge >= 0.3 is 0 Å². The fourth-order valence-electron chi connectivity index (χ4n) is 3.28. The second kappa shape index (κ2) is 6.64. The summed E-state index contributed by atoms with van der Waals surface area (Å²) in [7, 11) is -3.72. The number of sulfonamides is 1. The van der Waals surface area contributed by atoms with Gasteiger partial charge in [-0.15, -0.1) is 11.3 Å². The lowest BCUT2D eigenvalue weighted by Gasteiger charge is -2.33. The van der Waals surface area contributed by atoms with E-state index in [2.05, 4.69) is 10.8 Å². The molecule has 26 heavy (non-hydrogen) atoms. The van der Waals surface area contributed by atoms with E-state index >= 15 is 0 Å². The predicted octanol–water partition coefficient (Wildman–Crippen LogP) is 3.60. The van der Waals surface area contributed by atoms with Gasteiger partial charge in [-0.05, 0) is 61.4 Å². The lowest BCUT2D eigenvalue weighted by Crippen LogP contribution is -2.38. The van der Waals surface area contributed by atoms with Gasteiger partial charge in [0.2, 0.25) is 10.0 Å². The van der Waals surface area contributed by atoms with Crippen LogP contribution < -0.4 is 4.72 Å². The van der Waals surface area contributed by atoms with E-state index < -0.39 is 10.0 Å². The molecule has 4 rings (SSSR count).